The number of nitrogens with zero attached hydrogens (tertiary/aromatic N) is 4. The molecule has 10 nitrogen and oxygen atoms in total. The van der Waals surface area contributed by atoms with Crippen molar-refractivity contribution < 1.29 is 9.59 Å². The van der Waals surface area contributed by atoms with Crippen molar-refractivity contribution in [3.63, 3.8) is 0 Å². The third-order valence-electron chi connectivity index (χ3n) is 5.86. The lowest BCUT2D eigenvalue weighted by atomic mass is 9.99. The molecule has 188 valence electrons. The van der Waals surface area contributed by atoms with Gasteiger partial charge in [-0.1, -0.05) is 13.0 Å². The third-order valence-corrected chi connectivity index (χ3v) is 6.99. The van der Waals surface area contributed by atoms with E-state index in [9.17, 15) is 19.6 Å². The van der Waals surface area contributed by atoms with E-state index in [-0.39, 0.29) is 34.8 Å². The Morgan fingerprint density at radius 2 is 1.94 bits per heavy atom. The molecule has 0 aliphatic carbocycles. The van der Waals surface area contributed by atoms with Gasteiger partial charge in [-0.15, -0.1) is 11.3 Å². The first kappa shape index (κ1) is 26.7. The third kappa shape index (κ3) is 6.81. The summed E-state index contributed by atoms with van der Waals surface area (Å²) in [5.74, 6) is -0.0764. The number of hydrogen-bond acceptors (Lipinski definition) is 8. The van der Waals surface area contributed by atoms with Gasteiger partial charge in [-0.2, -0.15) is 10.5 Å². The lowest BCUT2D eigenvalue weighted by molar-refractivity contribution is -0.117. The number of anilines is 2. The van der Waals surface area contributed by atoms with Gasteiger partial charge in [0.15, 0.2) is 5.57 Å². The molecule has 0 radical (unpaired) electrons. The summed E-state index contributed by atoms with van der Waals surface area (Å²) < 4.78 is 1.88. The molecule has 1 aliphatic heterocycles. The van der Waals surface area contributed by atoms with Gasteiger partial charge < -0.3 is 16.0 Å². The van der Waals surface area contributed by atoms with Crippen molar-refractivity contribution in [2.24, 2.45) is 5.92 Å². The molecule has 2 aromatic rings. The number of amides is 2. The number of benzene rings is 1. The minimum absolute atomic E-state index is 0.0753. The fourth-order valence-corrected chi connectivity index (χ4v) is 4.94. The zero-order chi connectivity index (χ0) is 26.1. The number of nitriles is 2. The summed E-state index contributed by atoms with van der Waals surface area (Å²) in [5, 5.41) is 26.5. The highest BCUT2D eigenvalue weighted by molar-refractivity contribution is 7.07. The van der Waals surface area contributed by atoms with Crippen LogP contribution < -0.4 is 30.7 Å². The average Bonchev–Trinajstić information content (AvgIpc) is 3.18. The molecule has 36 heavy (non-hydrogen) atoms. The van der Waals surface area contributed by atoms with Crippen LogP contribution in [0.2, 0.25) is 0 Å². The molecule has 0 spiro atoms. The summed E-state index contributed by atoms with van der Waals surface area (Å²) in [6.45, 7) is 6.21. The maximum absolute atomic E-state index is 12.9. The van der Waals surface area contributed by atoms with Crippen LogP contribution in [0.1, 0.15) is 26.7 Å². The van der Waals surface area contributed by atoms with Crippen LogP contribution in [0.5, 0.6) is 0 Å². The molecule has 1 aromatic heterocycles. The molecular formula is C25H29N7O3S. The summed E-state index contributed by atoms with van der Waals surface area (Å²) in [4.78, 5) is 39.8. The van der Waals surface area contributed by atoms with Crippen molar-refractivity contribution in [2.45, 2.75) is 33.2 Å². The van der Waals surface area contributed by atoms with E-state index in [0.29, 0.717) is 28.4 Å². The minimum atomic E-state index is -0.704. The number of likely N-dealkylation sites (tertiary alicyclic amines) is 1. The molecule has 11 heteroatoms. The topological polar surface area (TPSA) is 143 Å². The Morgan fingerprint density at radius 1 is 1.22 bits per heavy atom. The summed E-state index contributed by atoms with van der Waals surface area (Å²) in [6.07, 6.45) is 3.72. The molecule has 1 aliphatic rings. The Kier molecular flexibility index (Phi) is 9.39. The van der Waals surface area contributed by atoms with E-state index in [2.05, 4.69) is 27.8 Å². The largest absolute Gasteiger partial charge is 0.360 e. The van der Waals surface area contributed by atoms with E-state index in [4.69, 9.17) is 5.26 Å². The van der Waals surface area contributed by atoms with Gasteiger partial charge in [-0.05, 0) is 57.0 Å². The standard InChI is InChI=1S/C25H29N7O3S/c1-3-32-24(35)21(36-25(32)20(14-27)23(34)28-10-9-26)15-29-18-5-4-6-19(13-18)30-22(33)16-31-11-7-17(2)8-12-31/h4-6,13,15,17,29H,3,7-8,10-12,16H2,1-2H3,(H,28,34)(H,30,33). The summed E-state index contributed by atoms with van der Waals surface area (Å²) in [7, 11) is 0. The normalized spacial score (nSPS) is 15.5. The van der Waals surface area contributed by atoms with Crippen LogP contribution in [-0.2, 0) is 16.1 Å². The Hall–Kier alpha value is -3.93. The van der Waals surface area contributed by atoms with Crippen molar-refractivity contribution in [1.29, 1.82) is 10.5 Å². The molecule has 1 aromatic carbocycles. The van der Waals surface area contributed by atoms with Crippen LogP contribution in [0.15, 0.2) is 29.1 Å². The number of thiazole rings is 1. The molecule has 0 saturated carbocycles. The first-order valence-electron chi connectivity index (χ1n) is 11.7. The number of carbonyl (C=O) groups is 2. The molecule has 0 unspecified atom stereocenters. The minimum Gasteiger partial charge on any atom is -0.360 e. The number of piperidine rings is 1. The fourth-order valence-electron chi connectivity index (χ4n) is 3.86. The molecule has 2 amide bonds. The lowest BCUT2D eigenvalue weighted by Crippen LogP contribution is -2.38. The molecular weight excluding hydrogens is 478 g/mol. The van der Waals surface area contributed by atoms with Crippen molar-refractivity contribution >= 4 is 46.3 Å². The average molecular weight is 508 g/mol. The predicted octanol–water partition coefficient (Wildman–Crippen LogP) is 0.764. The van der Waals surface area contributed by atoms with Crippen LogP contribution in [-0.4, -0.2) is 47.5 Å². The SMILES string of the molecule is CCn1c(=C(C#N)C(=O)NCC#N)sc(=CNc2cccc(NC(=O)CN3CCC(C)CC3)c2)c1=O. The lowest BCUT2D eigenvalue weighted by Gasteiger charge is -2.29. The number of carbonyl (C=O) groups excluding carboxylic acids is 2. The van der Waals surface area contributed by atoms with Crippen molar-refractivity contribution in [3.8, 4) is 12.1 Å². The van der Waals surface area contributed by atoms with Gasteiger partial charge in [0.1, 0.15) is 21.8 Å². The molecule has 1 saturated heterocycles. The molecule has 3 rings (SSSR count). The summed E-state index contributed by atoms with van der Waals surface area (Å²) >= 11 is 1.01. The van der Waals surface area contributed by atoms with Gasteiger partial charge in [0.05, 0.1) is 12.6 Å². The van der Waals surface area contributed by atoms with E-state index in [1.165, 1.54) is 10.8 Å². The quantitative estimate of drug-likeness (QED) is 0.448. The Morgan fingerprint density at radius 3 is 2.61 bits per heavy atom. The second kappa shape index (κ2) is 12.7. The first-order chi connectivity index (χ1) is 17.4. The first-order valence-corrected chi connectivity index (χ1v) is 12.6. The van der Waals surface area contributed by atoms with Crippen LogP contribution >= 0.6 is 11.3 Å². The highest BCUT2D eigenvalue weighted by Crippen LogP contribution is 2.17. The van der Waals surface area contributed by atoms with E-state index in [1.807, 2.05) is 6.07 Å². The van der Waals surface area contributed by atoms with E-state index < -0.39 is 5.91 Å². The number of hydrogen-bond donors (Lipinski definition) is 3. The van der Waals surface area contributed by atoms with E-state index in [0.717, 1.165) is 37.3 Å². The van der Waals surface area contributed by atoms with Gasteiger partial charge in [0.2, 0.25) is 5.91 Å². The van der Waals surface area contributed by atoms with E-state index >= 15 is 0 Å². The molecule has 1 fully saturated rings. The Labute approximate surface area is 213 Å². The molecule has 3 N–H and O–H groups in total. The smallest absolute Gasteiger partial charge is 0.270 e. The maximum atomic E-state index is 12.9. The van der Waals surface area contributed by atoms with E-state index in [1.54, 1.807) is 37.3 Å². The van der Waals surface area contributed by atoms with Crippen LogP contribution in [0.3, 0.4) is 0 Å². The predicted molar refractivity (Wildman–Crippen MR) is 139 cm³/mol. The van der Waals surface area contributed by atoms with Crippen molar-refractivity contribution in [3.05, 3.63) is 43.8 Å². The highest BCUT2D eigenvalue weighted by Gasteiger charge is 2.18. The molecule has 0 atom stereocenters. The zero-order valence-corrected chi connectivity index (χ0v) is 21.2. The van der Waals surface area contributed by atoms with Gasteiger partial charge in [-0.3, -0.25) is 23.9 Å². The van der Waals surface area contributed by atoms with Crippen LogP contribution in [0, 0.1) is 28.6 Å². The van der Waals surface area contributed by atoms with Gasteiger partial charge in [0, 0.05) is 24.1 Å². The van der Waals surface area contributed by atoms with Crippen LogP contribution in [0.25, 0.3) is 11.8 Å². The zero-order valence-electron chi connectivity index (χ0n) is 20.3. The number of aromatic nitrogens is 1. The molecule has 2 heterocycles. The second-order valence-corrected chi connectivity index (χ2v) is 9.56. The van der Waals surface area contributed by atoms with Crippen LogP contribution in [0.4, 0.5) is 11.4 Å². The van der Waals surface area contributed by atoms with Crippen molar-refractivity contribution in [2.75, 3.05) is 36.8 Å². The Bertz CT molecular complexity index is 1370. The monoisotopic (exact) mass is 507 g/mol. The number of rotatable bonds is 8. The van der Waals surface area contributed by atoms with Gasteiger partial charge in [0.25, 0.3) is 11.5 Å². The Balaban J connectivity index is 1.77. The van der Waals surface area contributed by atoms with Crippen molar-refractivity contribution in [1.82, 2.24) is 14.8 Å². The number of nitrogens with one attached hydrogen (secondary N) is 3. The fraction of sp³-hybridized carbons (Fsp3) is 0.400. The summed E-state index contributed by atoms with van der Waals surface area (Å²) in [5.41, 5.74) is 0.733. The van der Waals surface area contributed by atoms with Gasteiger partial charge in [-0.25, -0.2) is 0 Å². The maximum Gasteiger partial charge on any atom is 0.270 e. The molecule has 0 bridgehead atoms. The van der Waals surface area contributed by atoms with Gasteiger partial charge >= 0.3 is 0 Å². The highest BCUT2D eigenvalue weighted by atomic mass is 32.1. The second-order valence-electron chi connectivity index (χ2n) is 8.52. The summed E-state index contributed by atoms with van der Waals surface area (Å²) in [6, 6.07) is 10.8.